The average Bonchev–Trinajstić information content (AvgIpc) is 2.78. The summed E-state index contributed by atoms with van der Waals surface area (Å²) in [6, 6.07) is 6.96. The summed E-state index contributed by atoms with van der Waals surface area (Å²) in [5.74, 6) is -0.655. The fourth-order valence-corrected chi connectivity index (χ4v) is 3.88. The lowest BCUT2D eigenvalue weighted by Gasteiger charge is -2.39. The summed E-state index contributed by atoms with van der Waals surface area (Å²) in [6.07, 6.45) is -8.51. The van der Waals surface area contributed by atoms with Crippen LogP contribution in [0.2, 0.25) is 0 Å². The molecule has 2 aromatic rings. The molecule has 11 heteroatoms. The maximum absolute atomic E-state index is 12.7. The first-order valence-corrected chi connectivity index (χ1v) is 10.1. The standard InChI is InChI=1S/C22H24O11/c1-30-9-2-3-11(12(24)4-9)15-7-14(26)18-13(25)5-10(6-16(18)32-15)31-22-21(29)20(28)19(27)17(8-23)33-22/h2-6,15,17,19-25,27-29H,7-8H2,1H3. The molecular weight excluding hydrogens is 440 g/mol. The highest BCUT2D eigenvalue weighted by Crippen LogP contribution is 2.44. The number of phenols is 2. The Bertz CT molecular complexity index is 1040. The van der Waals surface area contributed by atoms with Crippen molar-refractivity contribution in [3.05, 3.63) is 41.5 Å². The Balaban J connectivity index is 1.60. The predicted octanol–water partition coefficient (Wildman–Crippen LogP) is -0.00840. The van der Waals surface area contributed by atoms with Gasteiger partial charge < -0.3 is 49.6 Å². The van der Waals surface area contributed by atoms with Crippen LogP contribution in [0.1, 0.15) is 28.4 Å². The topological polar surface area (TPSA) is 175 Å². The highest BCUT2D eigenvalue weighted by atomic mass is 16.7. The molecule has 2 aliphatic rings. The molecule has 6 atom stereocenters. The molecule has 33 heavy (non-hydrogen) atoms. The number of carbonyl (C=O) groups is 1. The number of hydrogen-bond acceptors (Lipinski definition) is 11. The van der Waals surface area contributed by atoms with Crippen LogP contribution in [0, 0.1) is 0 Å². The van der Waals surface area contributed by atoms with Crippen molar-refractivity contribution in [2.75, 3.05) is 13.7 Å². The van der Waals surface area contributed by atoms with E-state index in [4.69, 9.17) is 18.9 Å². The molecule has 1 saturated heterocycles. The van der Waals surface area contributed by atoms with Crippen molar-refractivity contribution < 1.29 is 54.4 Å². The van der Waals surface area contributed by atoms with E-state index < -0.39 is 54.9 Å². The summed E-state index contributed by atoms with van der Waals surface area (Å²) in [4.78, 5) is 12.7. The van der Waals surface area contributed by atoms with Gasteiger partial charge in [0.15, 0.2) is 5.78 Å². The van der Waals surface area contributed by atoms with Gasteiger partial charge in [0.25, 0.3) is 0 Å². The number of phenolic OH excluding ortho intramolecular Hbond substituents is 2. The van der Waals surface area contributed by atoms with Crippen LogP contribution in [0.15, 0.2) is 30.3 Å². The van der Waals surface area contributed by atoms with Gasteiger partial charge in [-0.05, 0) is 12.1 Å². The lowest BCUT2D eigenvalue weighted by molar-refractivity contribution is -0.277. The van der Waals surface area contributed by atoms with E-state index in [2.05, 4.69) is 0 Å². The van der Waals surface area contributed by atoms with Gasteiger partial charge in [0, 0.05) is 23.8 Å². The van der Waals surface area contributed by atoms with Crippen LogP contribution in [0.3, 0.4) is 0 Å². The zero-order valence-electron chi connectivity index (χ0n) is 17.5. The molecular formula is C22H24O11. The highest BCUT2D eigenvalue weighted by Gasteiger charge is 2.45. The molecule has 0 saturated carbocycles. The molecule has 0 radical (unpaired) electrons. The van der Waals surface area contributed by atoms with Gasteiger partial charge in [-0.2, -0.15) is 0 Å². The van der Waals surface area contributed by atoms with E-state index in [1.165, 1.54) is 19.2 Å². The molecule has 0 aliphatic carbocycles. The Morgan fingerprint density at radius 1 is 1.00 bits per heavy atom. The minimum absolute atomic E-state index is 0.0222. The van der Waals surface area contributed by atoms with Crippen molar-refractivity contribution in [3.63, 3.8) is 0 Å². The number of aliphatic hydroxyl groups is 4. The summed E-state index contributed by atoms with van der Waals surface area (Å²) in [7, 11) is 1.45. The van der Waals surface area contributed by atoms with E-state index in [0.29, 0.717) is 11.3 Å². The molecule has 1 fully saturated rings. The van der Waals surface area contributed by atoms with Crippen LogP contribution >= 0.6 is 0 Å². The minimum Gasteiger partial charge on any atom is -0.507 e. The van der Waals surface area contributed by atoms with E-state index in [0.717, 1.165) is 6.07 Å². The monoisotopic (exact) mass is 464 g/mol. The van der Waals surface area contributed by atoms with E-state index in [1.54, 1.807) is 12.1 Å². The van der Waals surface area contributed by atoms with Crippen LogP contribution in [0.4, 0.5) is 0 Å². The number of Topliss-reactive ketones (excluding diaryl/α,β-unsaturated/α-hetero) is 1. The summed E-state index contributed by atoms with van der Waals surface area (Å²) in [5.41, 5.74) is 0.273. The molecule has 0 bridgehead atoms. The second kappa shape index (κ2) is 9.04. The molecule has 2 aromatic carbocycles. The maximum Gasteiger partial charge on any atom is 0.229 e. The molecule has 11 nitrogen and oxygen atoms in total. The minimum atomic E-state index is -1.66. The second-order valence-electron chi connectivity index (χ2n) is 7.79. The summed E-state index contributed by atoms with van der Waals surface area (Å²) < 4.78 is 21.7. The van der Waals surface area contributed by atoms with Gasteiger partial charge in [0.1, 0.15) is 64.8 Å². The van der Waals surface area contributed by atoms with Gasteiger partial charge in [0.2, 0.25) is 6.29 Å². The first-order chi connectivity index (χ1) is 15.7. The lowest BCUT2D eigenvalue weighted by Crippen LogP contribution is -2.60. The number of methoxy groups -OCH3 is 1. The Kier molecular flexibility index (Phi) is 6.32. The molecule has 6 N–H and O–H groups in total. The zero-order chi connectivity index (χ0) is 23.9. The normalized spacial score (nSPS) is 29.2. The number of ketones is 1. The quantitative estimate of drug-likeness (QED) is 0.351. The smallest absolute Gasteiger partial charge is 0.229 e. The van der Waals surface area contributed by atoms with Gasteiger partial charge in [-0.1, -0.05) is 0 Å². The van der Waals surface area contributed by atoms with E-state index >= 15 is 0 Å². The van der Waals surface area contributed by atoms with Crippen LogP contribution < -0.4 is 14.2 Å². The van der Waals surface area contributed by atoms with Crippen molar-refractivity contribution in [1.29, 1.82) is 0 Å². The summed E-state index contributed by atoms with van der Waals surface area (Å²) in [6.45, 7) is -0.634. The number of fused-ring (bicyclic) bond motifs is 1. The van der Waals surface area contributed by atoms with Crippen molar-refractivity contribution in [2.45, 2.75) is 43.2 Å². The van der Waals surface area contributed by atoms with Crippen LogP contribution in [0.25, 0.3) is 0 Å². The van der Waals surface area contributed by atoms with Crippen molar-refractivity contribution in [1.82, 2.24) is 0 Å². The number of aliphatic hydroxyl groups excluding tert-OH is 4. The lowest BCUT2D eigenvalue weighted by atomic mass is 9.95. The third-order valence-corrected chi connectivity index (χ3v) is 5.66. The number of rotatable bonds is 5. The van der Waals surface area contributed by atoms with Crippen molar-refractivity contribution >= 4 is 5.78 Å². The highest BCUT2D eigenvalue weighted by molar-refractivity contribution is 6.02. The van der Waals surface area contributed by atoms with Gasteiger partial charge >= 0.3 is 0 Å². The Hall–Kier alpha value is -3.09. The first kappa shape index (κ1) is 23.1. The first-order valence-electron chi connectivity index (χ1n) is 10.1. The van der Waals surface area contributed by atoms with Crippen molar-refractivity contribution in [3.8, 4) is 28.7 Å². The SMILES string of the molecule is COc1ccc(C2CC(=O)c3c(O)cc(OC4OC(CO)C(O)C(O)C4O)cc3O2)c(O)c1. The van der Waals surface area contributed by atoms with Gasteiger partial charge in [-0.3, -0.25) is 4.79 Å². The van der Waals surface area contributed by atoms with Crippen LogP contribution in [-0.2, 0) is 4.74 Å². The average molecular weight is 464 g/mol. The molecule has 2 aliphatic heterocycles. The number of carbonyl (C=O) groups excluding carboxylic acids is 1. The molecule has 0 spiro atoms. The fraction of sp³-hybridized carbons (Fsp3) is 0.409. The maximum atomic E-state index is 12.7. The molecule has 0 amide bonds. The summed E-state index contributed by atoms with van der Waals surface area (Å²) >= 11 is 0. The number of aromatic hydroxyl groups is 2. The Morgan fingerprint density at radius 3 is 2.39 bits per heavy atom. The third kappa shape index (κ3) is 4.28. The third-order valence-electron chi connectivity index (χ3n) is 5.66. The fourth-order valence-electron chi connectivity index (χ4n) is 3.88. The molecule has 2 heterocycles. The Morgan fingerprint density at radius 2 is 1.73 bits per heavy atom. The van der Waals surface area contributed by atoms with E-state index in [9.17, 15) is 35.4 Å². The molecule has 4 rings (SSSR count). The van der Waals surface area contributed by atoms with Gasteiger partial charge in [-0.25, -0.2) is 0 Å². The predicted molar refractivity (Wildman–Crippen MR) is 109 cm³/mol. The van der Waals surface area contributed by atoms with Crippen LogP contribution in [0.5, 0.6) is 28.7 Å². The second-order valence-corrected chi connectivity index (χ2v) is 7.79. The Labute approximate surface area is 188 Å². The number of benzene rings is 2. The molecule has 178 valence electrons. The molecule has 0 aromatic heterocycles. The number of hydrogen-bond donors (Lipinski definition) is 6. The van der Waals surface area contributed by atoms with Crippen molar-refractivity contribution in [2.24, 2.45) is 0 Å². The van der Waals surface area contributed by atoms with Gasteiger partial charge in [0.05, 0.1) is 20.1 Å². The zero-order valence-corrected chi connectivity index (χ0v) is 17.5. The summed E-state index contributed by atoms with van der Waals surface area (Å²) in [5, 5.41) is 60.0. The molecule has 6 unspecified atom stereocenters. The van der Waals surface area contributed by atoms with Gasteiger partial charge in [-0.15, -0.1) is 0 Å². The van der Waals surface area contributed by atoms with E-state index in [-0.39, 0.29) is 29.2 Å². The van der Waals surface area contributed by atoms with E-state index in [1.807, 2.05) is 0 Å². The number of ether oxygens (including phenoxy) is 4. The largest absolute Gasteiger partial charge is 0.507 e. The van der Waals surface area contributed by atoms with Crippen LogP contribution in [-0.4, -0.2) is 80.8 Å².